The van der Waals surface area contributed by atoms with Crippen molar-refractivity contribution in [2.24, 2.45) is 4.99 Å². The van der Waals surface area contributed by atoms with Crippen molar-refractivity contribution < 1.29 is 8.42 Å². The normalized spacial score (nSPS) is 26.0. The van der Waals surface area contributed by atoms with Gasteiger partial charge in [0.1, 0.15) is 0 Å². The average Bonchev–Trinajstić information content (AvgIpc) is 2.77. The minimum atomic E-state index is -3.25. The molecular weight excluding hydrogens is 266 g/mol. The first-order valence-corrected chi connectivity index (χ1v) is 8.59. The number of nitrogens with zero attached hydrogens (tertiary/aromatic N) is 3. The summed E-state index contributed by atoms with van der Waals surface area (Å²) in [6.45, 7) is 6.63. The van der Waals surface area contributed by atoms with Crippen LogP contribution in [-0.2, 0) is 10.0 Å². The number of nitrogens with one attached hydrogen (secondary N) is 2. The SMILES string of the molecule is CCN1CCC[C@@H]1CN1CN=C(NS(C)(=O)=O)NC1. The van der Waals surface area contributed by atoms with Crippen LogP contribution >= 0.6 is 0 Å². The molecule has 0 aromatic heterocycles. The van der Waals surface area contributed by atoms with Gasteiger partial charge in [-0.05, 0) is 25.9 Å². The second-order valence-electron chi connectivity index (χ2n) is 5.14. The highest BCUT2D eigenvalue weighted by Gasteiger charge is 2.26. The van der Waals surface area contributed by atoms with Gasteiger partial charge in [-0.25, -0.2) is 13.4 Å². The van der Waals surface area contributed by atoms with Gasteiger partial charge in [0.05, 0.1) is 19.6 Å². The zero-order chi connectivity index (χ0) is 13.9. The van der Waals surface area contributed by atoms with Crippen LogP contribution in [0.2, 0.25) is 0 Å². The lowest BCUT2D eigenvalue weighted by molar-refractivity contribution is 0.172. The van der Waals surface area contributed by atoms with Crippen LogP contribution in [0.5, 0.6) is 0 Å². The van der Waals surface area contributed by atoms with Crippen molar-refractivity contribution in [1.82, 2.24) is 19.8 Å². The van der Waals surface area contributed by atoms with Crippen LogP contribution in [0, 0.1) is 0 Å². The fraction of sp³-hybridized carbons (Fsp3) is 0.909. The summed E-state index contributed by atoms with van der Waals surface area (Å²) in [6.07, 6.45) is 3.63. The summed E-state index contributed by atoms with van der Waals surface area (Å²) < 4.78 is 24.5. The molecule has 1 atom stereocenters. The molecule has 0 saturated carbocycles. The quantitative estimate of drug-likeness (QED) is 0.708. The number of likely N-dealkylation sites (N-methyl/N-ethyl adjacent to an activating group) is 1. The zero-order valence-electron chi connectivity index (χ0n) is 11.6. The van der Waals surface area contributed by atoms with Crippen LogP contribution in [0.15, 0.2) is 4.99 Å². The van der Waals surface area contributed by atoms with Crippen molar-refractivity contribution in [1.29, 1.82) is 0 Å². The Morgan fingerprint density at radius 3 is 2.89 bits per heavy atom. The molecule has 1 saturated heterocycles. The number of sulfonamides is 1. The molecule has 110 valence electrons. The van der Waals surface area contributed by atoms with E-state index in [-0.39, 0.29) is 0 Å². The molecular formula is C11H23N5O2S. The first-order valence-electron chi connectivity index (χ1n) is 6.70. The summed E-state index contributed by atoms with van der Waals surface area (Å²) in [7, 11) is -3.25. The van der Waals surface area contributed by atoms with Gasteiger partial charge in [-0.2, -0.15) is 0 Å². The predicted molar refractivity (Wildman–Crippen MR) is 75.3 cm³/mol. The van der Waals surface area contributed by atoms with E-state index < -0.39 is 10.0 Å². The van der Waals surface area contributed by atoms with Gasteiger partial charge in [0.15, 0.2) is 0 Å². The Hall–Kier alpha value is -0.860. The Kier molecular flexibility index (Phi) is 4.64. The molecule has 8 heteroatoms. The molecule has 7 nitrogen and oxygen atoms in total. The van der Waals surface area contributed by atoms with E-state index >= 15 is 0 Å². The number of guanidine groups is 1. The third-order valence-corrected chi connectivity index (χ3v) is 4.12. The number of rotatable bonds is 4. The lowest BCUT2D eigenvalue weighted by atomic mass is 10.2. The Morgan fingerprint density at radius 1 is 1.53 bits per heavy atom. The Labute approximate surface area is 115 Å². The third-order valence-electron chi connectivity index (χ3n) is 3.56. The lowest BCUT2D eigenvalue weighted by Crippen LogP contribution is -2.52. The molecule has 19 heavy (non-hydrogen) atoms. The van der Waals surface area contributed by atoms with Gasteiger partial charge in [0.25, 0.3) is 0 Å². The topological polar surface area (TPSA) is 77.0 Å². The van der Waals surface area contributed by atoms with Gasteiger partial charge < -0.3 is 5.32 Å². The molecule has 2 rings (SSSR count). The second kappa shape index (κ2) is 6.06. The van der Waals surface area contributed by atoms with E-state index in [0.29, 0.717) is 25.3 Å². The molecule has 0 radical (unpaired) electrons. The van der Waals surface area contributed by atoms with Crippen molar-refractivity contribution in [3.8, 4) is 0 Å². The Morgan fingerprint density at radius 2 is 2.32 bits per heavy atom. The molecule has 0 bridgehead atoms. The highest BCUT2D eigenvalue weighted by molar-refractivity contribution is 7.89. The largest absolute Gasteiger partial charge is 0.343 e. The molecule has 0 aromatic rings. The summed E-state index contributed by atoms with van der Waals surface area (Å²) in [5.74, 6) is 0.345. The zero-order valence-corrected chi connectivity index (χ0v) is 12.4. The second-order valence-corrected chi connectivity index (χ2v) is 6.88. The highest BCUT2D eigenvalue weighted by Crippen LogP contribution is 2.17. The Balaban J connectivity index is 1.83. The fourth-order valence-electron chi connectivity index (χ4n) is 2.65. The van der Waals surface area contributed by atoms with Crippen LogP contribution in [0.3, 0.4) is 0 Å². The van der Waals surface area contributed by atoms with Crippen LogP contribution in [0.4, 0.5) is 0 Å². The highest BCUT2D eigenvalue weighted by atomic mass is 32.2. The van der Waals surface area contributed by atoms with Gasteiger partial charge in [0, 0.05) is 12.6 Å². The number of likely N-dealkylation sites (tertiary alicyclic amines) is 1. The summed E-state index contributed by atoms with van der Waals surface area (Å²) in [6, 6.07) is 0.603. The summed E-state index contributed by atoms with van der Waals surface area (Å²) in [5, 5.41) is 3.00. The average molecular weight is 289 g/mol. The summed E-state index contributed by atoms with van der Waals surface area (Å²) >= 11 is 0. The molecule has 0 amide bonds. The molecule has 2 aliphatic rings. The number of hydrogen-bond acceptors (Lipinski definition) is 6. The van der Waals surface area contributed by atoms with Crippen molar-refractivity contribution in [3.05, 3.63) is 0 Å². The van der Waals surface area contributed by atoms with Crippen LogP contribution in [-0.4, -0.2) is 69.4 Å². The minimum Gasteiger partial charge on any atom is -0.343 e. The van der Waals surface area contributed by atoms with Gasteiger partial charge in [-0.1, -0.05) is 6.92 Å². The maximum absolute atomic E-state index is 11.1. The summed E-state index contributed by atoms with van der Waals surface area (Å²) in [5.41, 5.74) is 0. The van der Waals surface area contributed by atoms with Gasteiger partial charge >= 0.3 is 0 Å². The smallest absolute Gasteiger partial charge is 0.232 e. The van der Waals surface area contributed by atoms with E-state index in [0.717, 1.165) is 19.3 Å². The molecule has 2 heterocycles. The Bertz CT molecular complexity index is 436. The third kappa shape index (κ3) is 4.32. The summed E-state index contributed by atoms with van der Waals surface area (Å²) in [4.78, 5) is 8.91. The van der Waals surface area contributed by atoms with E-state index in [1.165, 1.54) is 19.4 Å². The maximum atomic E-state index is 11.1. The van der Waals surface area contributed by atoms with Gasteiger partial charge in [-0.15, -0.1) is 0 Å². The maximum Gasteiger partial charge on any atom is 0.232 e. The molecule has 0 unspecified atom stereocenters. The molecule has 2 aliphatic heterocycles. The van der Waals surface area contributed by atoms with E-state index in [1.807, 2.05) is 0 Å². The molecule has 0 aliphatic carbocycles. The van der Waals surface area contributed by atoms with Crippen molar-refractivity contribution in [2.75, 3.05) is 39.2 Å². The molecule has 0 spiro atoms. The molecule has 1 fully saturated rings. The van der Waals surface area contributed by atoms with Crippen LogP contribution in [0.1, 0.15) is 19.8 Å². The fourth-order valence-corrected chi connectivity index (χ4v) is 3.13. The van der Waals surface area contributed by atoms with E-state index in [2.05, 4.69) is 31.8 Å². The van der Waals surface area contributed by atoms with Crippen molar-refractivity contribution >= 4 is 16.0 Å². The standard InChI is InChI=1S/C11H23N5O2S/c1-3-16-6-4-5-10(16)7-15-8-12-11(13-9-15)14-19(2,17)18/h10H,3-9H2,1-2H3,(H2,12,13,14)/t10-/m1/s1. The number of hydrogen-bond donors (Lipinski definition) is 2. The predicted octanol–water partition coefficient (Wildman–Crippen LogP) is -0.804. The monoisotopic (exact) mass is 289 g/mol. The first kappa shape index (κ1) is 14.5. The lowest BCUT2D eigenvalue weighted by Gasteiger charge is -2.32. The van der Waals surface area contributed by atoms with Crippen LogP contribution in [0.25, 0.3) is 0 Å². The van der Waals surface area contributed by atoms with E-state index in [4.69, 9.17) is 0 Å². The van der Waals surface area contributed by atoms with E-state index in [9.17, 15) is 8.42 Å². The minimum absolute atomic E-state index is 0.345. The van der Waals surface area contributed by atoms with Crippen molar-refractivity contribution in [2.45, 2.75) is 25.8 Å². The van der Waals surface area contributed by atoms with Crippen LogP contribution < -0.4 is 10.0 Å². The van der Waals surface area contributed by atoms with E-state index in [1.54, 1.807) is 0 Å². The molecule has 0 aromatic carbocycles. The van der Waals surface area contributed by atoms with Gasteiger partial charge in [0.2, 0.25) is 16.0 Å². The molecule has 2 N–H and O–H groups in total. The van der Waals surface area contributed by atoms with Gasteiger partial charge in [-0.3, -0.25) is 14.5 Å². The number of aliphatic imine (C=N–C) groups is 1. The van der Waals surface area contributed by atoms with Crippen molar-refractivity contribution in [3.63, 3.8) is 0 Å². The first-order chi connectivity index (χ1) is 8.98.